The van der Waals surface area contributed by atoms with Crippen LogP contribution in [0.2, 0.25) is 0 Å². The molecule has 92 valence electrons. The number of aliphatic hydroxyl groups is 2. The predicted octanol–water partition coefficient (Wildman–Crippen LogP) is 1.19. The van der Waals surface area contributed by atoms with Crippen LogP contribution in [0.15, 0.2) is 6.07 Å². The molecule has 0 fully saturated rings. The van der Waals surface area contributed by atoms with Crippen LogP contribution in [-0.4, -0.2) is 29.2 Å². The molecular weight excluding hydrogens is 216 g/mol. The van der Waals surface area contributed by atoms with E-state index >= 15 is 0 Å². The lowest BCUT2D eigenvalue weighted by Gasteiger charge is -2.13. The zero-order valence-corrected chi connectivity index (χ0v) is 10.3. The average Bonchev–Trinajstić information content (AvgIpc) is 2.61. The molecule has 2 rings (SSSR count). The number of hydrogen-bond donors (Lipinski definition) is 2. The molecule has 3 heteroatoms. The van der Waals surface area contributed by atoms with E-state index in [0.717, 1.165) is 27.8 Å². The zero-order valence-electron chi connectivity index (χ0n) is 10.3. The highest BCUT2D eigenvalue weighted by Gasteiger charge is 2.32. The van der Waals surface area contributed by atoms with E-state index in [-0.39, 0.29) is 24.9 Å². The largest absolute Gasteiger partial charge is 0.396 e. The minimum Gasteiger partial charge on any atom is -0.396 e. The highest BCUT2D eigenvalue weighted by molar-refractivity contribution is 6.04. The first kappa shape index (κ1) is 12.3. The topological polar surface area (TPSA) is 57.5 Å². The maximum atomic E-state index is 12.1. The standard InChI is InChI=1S/C14H18O3/c1-8-5-10-6-11(7-16)14(17)13(10)9(2)12(8)3-4-15/h5,11,15-16H,3-4,6-7H2,1-2H3/t11-/m0/s1. The normalized spacial score (nSPS) is 18.6. The molecule has 0 unspecified atom stereocenters. The Balaban J connectivity index is 2.53. The van der Waals surface area contributed by atoms with Crippen molar-refractivity contribution in [2.75, 3.05) is 13.2 Å². The van der Waals surface area contributed by atoms with Gasteiger partial charge in [-0.3, -0.25) is 4.79 Å². The van der Waals surface area contributed by atoms with E-state index in [9.17, 15) is 9.90 Å². The van der Waals surface area contributed by atoms with Crippen molar-refractivity contribution in [1.29, 1.82) is 0 Å². The third-order valence-electron chi connectivity index (χ3n) is 3.68. The van der Waals surface area contributed by atoms with Crippen LogP contribution < -0.4 is 0 Å². The first-order chi connectivity index (χ1) is 8.10. The minimum absolute atomic E-state index is 0.0548. The fraction of sp³-hybridized carbons (Fsp3) is 0.500. The molecule has 0 saturated heterocycles. The molecule has 0 aromatic heterocycles. The number of ketones is 1. The third kappa shape index (κ3) is 1.90. The van der Waals surface area contributed by atoms with Crippen LogP contribution in [0.4, 0.5) is 0 Å². The second-order valence-electron chi connectivity index (χ2n) is 4.75. The molecule has 1 atom stereocenters. The molecule has 1 aromatic carbocycles. The summed E-state index contributed by atoms with van der Waals surface area (Å²) in [5, 5.41) is 18.2. The van der Waals surface area contributed by atoms with Gasteiger partial charge in [-0.05, 0) is 48.9 Å². The van der Waals surface area contributed by atoms with E-state index in [0.29, 0.717) is 12.8 Å². The molecule has 0 aliphatic heterocycles. The zero-order chi connectivity index (χ0) is 12.6. The molecule has 0 amide bonds. The molecule has 2 N–H and O–H groups in total. The molecule has 0 heterocycles. The Morgan fingerprint density at radius 3 is 2.65 bits per heavy atom. The number of aliphatic hydroxyl groups excluding tert-OH is 2. The van der Waals surface area contributed by atoms with Gasteiger partial charge in [-0.1, -0.05) is 6.07 Å². The summed E-state index contributed by atoms with van der Waals surface area (Å²) in [6.07, 6.45) is 1.23. The van der Waals surface area contributed by atoms with Gasteiger partial charge in [0.25, 0.3) is 0 Å². The van der Waals surface area contributed by atoms with Gasteiger partial charge in [0, 0.05) is 18.1 Å². The van der Waals surface area contributed by atoms with Gasteiger partial charge in [0.2, 0.25) is 0 Å². The van der Waals surface area contributed by atoms with E-state index in [1.807, 2.05) is 19.9 Å². The first-order valence-electron chi connectivity index (χ1n) is 5.98. The summed E-state index contributed by atoms with van der Waals surface area (Å²) in [6.45, 7) is 3.96. The van der Waals surface area contributed by atoms with E-state index < -0.39 is 0 Å². The van der Waals surface area contributed by atoms with Crippen molar-refractivity contribution in [2.45, 2.75) is 26.7 Å². The van der Waals surface area contributed by atoms with Gasteiger partial charge < -0.3 is 10.2 Å². The van der Waals surface area contributed by atoms with Crippen molar-refractivity contribution in [1.82, 2.24) is 0 Å². The Hall–Kier alpha value is -1.19. The Bertz CT molecular complexity index is 463. The van der Waals surface area contributed by atoms with Crippen molar-refractivity contribution in [3.05, 3.63) is 33.9 Å². The van der Waals surface area contributed by atoms with Crippen molar-refractivity contribution in [2.24, 2.45) is 5.92 Å². The molecule has 1 aromatic rings. The summed E-state index contributed by atoms with van der Waals surface area (Å²) in [6, 6.07) is 2.03. The predicted molar refractivity (Wildman–Crippen MR) is 65.3 cm³/mol. The van der Waals surface area contributed by atoms with Crippen LogP contribution in [0.5, 0.6) is 0 Å². The SMILES string of the molecule is Cc1cc2c(c(C)c1CCO)C(=O)[C@H](CO)C2. The van der Waals surface area contributed by atoms with Crippen LogP contribution in [0.3, 0.4) is 0 Å². The van der Waals surface area contributed by atoms with Crippen LogP contribution in [0.1, 0.15) is 32.6 Å². The monoisotopic (exact) mass is 234 g/mol. The van der Waals surface area contributed by atoms with Gasteiger partial charge >= 0.3 is 0 Å². The van der Waals surface area contributed by atoms with Crippen LogP contribution >= 0.6 is 0 Å². The van der Waals surface area contributed by atoms with Gasteiger partial charge in [-0.15, -0.1) is 0 Å². The Labute approximate surface area is 101 Å². The molecular formula is C14H18O3. The van der Waals surface area contributed by atoms with E-state index in [1.165, 1.54) is 0 Å². The van der Waals surface area contributed by atoms with Gasteiger partial charge in [0.05, 0.1) is 6.61 Å². The highest BCUT2D eigenvalue weighted by Crippen LogP contribution is 2.32. The van der Waals surface area contributed by atoms with Gasteiger partial charge in [0.1, 0.15) is 0 Å². The number of carbonyl (C=O) groups is 1. The summed E-state index contributed by atoms with van der Waals surface area (Å²) < 4.78 is 0. The smallest absolute Gasteiger partial charge is 0.169 e. The molecule has 3 nitrogen and oxygen atoms in total. The van der Waals surface area contributed by atoms with Crippen molar-refractivity contribution < 1.29 is 15.0 Å². The van der Waals surface area contributed by atoms with Crippen LogP contribution in [0, 0.1) is 19.8 Å². The second kappa shape index (κ2) is 4.59. The van der Waals surface area contributed by atoms with Gasteiger partial charge in [-0.2, -0.15) is 0 Å². The molecule has 0 spiro atoms. The van der Waals surface area contributed by atoms with Gasteiger partial charge in [-0.25, -0.2) is 0 Å². The van der Waals surface area contributed by atoms with Crippen LogP contribution in [-0.2, 0) is 12.8 Å². The quantitative estimate of drug-likeness (QED) is 0.826. The summed E-state index contributed by atoms with van der Waals surface area (Å²) in [5.74, 6) is -0.216. The molecule has 0 bridgehead atoms. The van der Waals surface area contributed by atoms with Crippen molar-refractivity contribution in [3.8, 4) is 0 Å². The van der Waals surface area contributed by atoms with Gasteiger partial charge in [0.15, 0.2) is 5.78 Å². The van der Waals surface area contributed by atoms with Crippen LogP contribution in [0.25, 0.3) is 0 Å². The number of aryl methyl sites for hydroxylation is 1. The molecule has 0 radical (unpaired) electrons. The Morgan fingerprint density at radius 2 is 2.06 bits per heavy atom. The second-order valence-corrected chi connectivity index (χ2v) is 4.75. The number of fused-ring (bicyclic) bond motifs is 1. The highest BCUT2D eigenvalue weighted by atomic mass is 16.3. The van der Waals surface area contributed by atoms with E-state index in [1.54, 1.807) is 0 Å². The lowest BCUT2D eigenvalue weighted by atomic mass is 9.92. The molecule has 1 aliphatic carbocycles. The Kier molecular flexibility index (Phi) is 3.31. The number of Topliss-reactive ketones (excluding diaryl/α,β-unsaturated/α-hetero) is 1. The number of carbonyl (C=O) groups excluding carboxylic acids is 1. The molecule has 17 heavy (non-hydrogen) atoms. The maximum Gasteiger partial charge on any atom is 0.169 e. The average molecular weight is 234 g/mol. The minimum atomic E-state index is -0.271. The summed E-state index contributed by atoms with van der Waals surface area (Å²) in [4.78, 5) is 12.1. The molecule has 0 saturated carbocycles. The van der Waals surface area contributed by atoms with Crippen molar-refractivity contribution in [3.63, 3.8) is 0 Å². The number of hydrogen-bond acceptors (Lipinski definition) is 3. The first-order valence-corrected chi connectivity index (χ1v) is 5.98. The van der Waals surface area contributed by atoms with Crippen molar-refractivity contribution >= 4 is 5.78 Å². The third-order valence-corrected chi connectivity index (χ3v) is 3.68. The molecule has 1 aliphatic rings. The lowest BCUT2D eigenvalue weighted by molar-refractivity contribution is 0.0882. The Morgan fingerprint density at radius 1 is 1.35 bits per heavy atom. The fourth-order valence-electron chi connectivity index (χ4n) is 2.82. The van der Waals surface area contributed by atoms with E-state index in [4.69, 9.17) is 5.11 Å². The summed E-state index contributed by atoms with van der Waals surface area (Å²) in [7, 11) is 0. The number of benzene rings is 1. The van der Waals surface area contributed by atoms with E-state index in [2.05, 4.69) is 0 Å². The lowest BCUT2D eigenvalue weighted by Crippen LogP contribution is -2.14. The fourth-order valence-corrected chi connectivity index (χ4v) is 2.82. The number of rotatable bonds is 3. The summed E-state index contributed by atoms with van der Waals surface area (Å²) in [5.41, 5.74) is 5.00. The summed E-state index contributed by atoms with van der Waals surface area (Å²) >= 11 is 0. The maximum absolute atomic E-state index is 12.1.